The van der Waals surface area contributed by atoms with Gasteiger partial charge in [-0.05, 0) is 50.2 Å². The molecule has 2 aromatic carbocycles. The van der Waals surface area contributed by atoms with Gasteiger partial charge in [-0.3, -0.25) is 14.5 Å². The molecule has 2 aliphatic heterocycles. The van der Waals surface area contributed by atoms with Crippen LogP contribution in [0.25, 0.3) is 0 Å². The van der Waals surface area contributed by atoms with Crippen molar-refractivity contribution in [1.29, 1.82) is 0 Å². The third kappa shape index (κ3) is 5.79. The third-order valence-corrected chi connectivity index (χ3v) is 6.28. The van der Waals surface area contributed by atoms with Crippen LogP contribution >= 0.6 is 0 Å². The second kappa shape index (κ2) is 10.0. The number of carbonyl (C=O) groups excluding carboxylic acids is 2. The van der Waals surface area contributed by atoms with Crippen LogP contribution in [0.3, 0.4) is 0 Å². The molecule has 0 aromatic heterocycles. The summed E-state index contributed by atoms with van der Waals surface area (Å²) in [7, 11) is 1.94. The lowest BCUT2D eigenvalue weighted by atomic mass is 9.92. The van der Waals surface area contributed by atoms with E-state index in [4.69, 9.17) is 9.90 Å². The molecule has 1 unspecified atom stereocenters. The normalized spacial score (nSPS) is 20.6. The predicted octanol–water partition coefficient (Wildman–Crippen LogP) is 3.33. The number of carboxylic acids is 1. The standard InChI is InChI=1S/C22H24FN3O2.C2HF3O2/c1-16-8-9-17(12-19(16)23)21(28)25-11-10-22(14-25)15-26(20(27)13-24(22)2)18-6-4-3-5-7-18;3-2(4,5)1(6)7/h3-9,12H,10-11,13-15H2,1-2H3;(H,6,7). The number of carbonyl (C=O) groups is 3. The molecule has 2 saturated heterocycles. The lowest BCUT2D eigenvalue weighted by molar-refractivity contribution is -0.192. The fourth-order valence-corrected chi connectivity index (χ4v) is 4.18. The number of nitrogens with zero attached hydrogens (tertiary/aromatic N) is 3. The molecule has 1 N–H and O–H groups in total. The Balaban J connectivity index is 0.000000429. The summed E-state index contributed by atoms with van der Waals surface area (Å²) in [4.78, 5) is 40.1. The van der Waals surface area contributed by atoms with Gasteiger partial charge in [-0.1, -0.05) is 24.3 Å². The molecule has 2 aliphatic rings. The molecule has 11 heteroatoms. The van der Waals surface area contributed by atoms with E-state index < -0.39 is 12.1 Å². The van der Waals surface area contributed by atoms with Crippen molar-refractivity contribution in [1.82, 2.24) is 9.80 Å². The zero-order valence-corrected chi connectivity index (χ0v) is 19.2. The van der Waals surface area contributed by atoms with E-state index in [0.717, 1.165) is 12.1 Å². The highest BCUT2D eigenvalue weighted by atomic mass is 19.4. The Kier molecular flexibility index (Phi) is 7.49. The molecule has 2 aromatic rings. The van der Waals surface area contributed by atoms with E-state index in [9.17, 15) is 27.2 Å². The fourth-order valence-electron chi connectivity index (χ4n) is 4.18. The average Bonchev–Trinajstić information content (AvgIpc) is 3.23. The van der Waals surface area contributed by atoms with Crippen molar-refractivity contribution < 1.29 is 37.1 Å². The van der Waals surface area contributed by atoms with Gasteiger partial charge in [0.1, 0.15) is 5.82 Å². The first kappa shape index (κ1) is 26.1. The molecular formula is C24H25F4N3O4. The number of rotatable bonds is 2. The summed E-state index contributed by atoms with van der Waals surface area (Å²) in [6, 6.07) is 14.3. The summed E-state index contributed by atoms with van der Waals surface area (Å²) in [5, 5.41) is 7.12. The second-order valence-electron chi connectivity index (χ2n) is 8.64. The Morgan fingerprint density at radius 3 is 2.26 bits per heavy atom. The van der Waals surface area contributed by atoms with E-state index >= 15 is 0 Å². The maximum atomic E-state index is 13.9. The molecule has 0 saturated carbocycles. The number of para-hydroxylation sites is 1. The van der Waals surface area contributed by atoms with Gasteiger partial charge in [-0.15, -0.1) is 0 Å². The SMILES string of the molecule is Cc1ccc(C(=O)N2CCC3(C2)CN(c2ccccc2)C(=O)CN3C)cc1F.O=C(O)C(F)(F)F. The number of anilines is 1. The summed E-state index contributed by atoms with van der Waals surface area (Å²) in [5.41, 5.74) is 1.49. The van der Waals surface area contributed by atoms with Crippen molar-refractivity contribution >= 4 is 23.5 Å². The summed E-state index contributed by atoms with van der Waals surface area (Å²) < 4.78 is 45.6. The molecule has 0 bridgehead atoms. The van der Waals surface area contributed by atoms with Crippen molar-refractivity contribution in [3.05, 3.63) is 65.5 Å². The van der Waals surface area contributed by atoms with Crippen LogP contribution in [0.2, 0.25) is 0 Å². The number of hydrogen-bond acceptors (Lipinski definition) is 4. The first-order valence-corrected chi connectivity index (χ1v) is 10.8. The first-order valence-electron chi connectivity index (χ1n) is 10.8. The summed E-state index contributed by atoms with van der Waals surface area (Å²) in [6.07, 6.45) is -4.31. The number of amides is 2. The smallest absolute Gasteiger partial charge is 0.475 e. The molecule has 188 valence electrons. The van der Waals surface area contributed by atoms with Crippen LogP contribution < -0.4 is 4.90 Å². The number of carboxylic acid groups (broad SMARTS) is 1. The van der Waals surface area contributed by atoms with Gasteiger partial charge in [-0.2, -0.15) is 13.2 Å². The number of benzene rings is 2. The number of likely N-dealkylation sites (N-methyl/N-ethyl adjacent to an activating group) is 1. The van der Waals surface area contributed by atoms with Crippen LogP contribution in [0.5, 0.6) is 0 Å². The number of likely N-dealkylation sites (tertiary alicyclic amines) is 1. The van der Waals surface area contributed by atoms with Gasteiger partial charge >= 0.3 is 12.1 Å². The zero-order chi connectivity index (χ0) is 26.0. The van der Waals surface area contributed by atoms with E-state index in [2.05, 4.69) is 4.90 Å². The largest absolute Gasteiger partial charge is 0.490 e. The van der Waals surface area contributed by atoms with Crippen LogP contribution in [0, 0.1) is 12.7 Å². The fraction of sp³-hybridized carbons (Fsp3) is 0.375. The van der Waals surface area contributed by atoms with Crippen LogP contribution in [-0.4, -0.2) is 77.6 Å². The topological polar surface area (TPSA) is 81.2 Å². The molecule has 1 atom stereocenters. The highest BCUT2D eigenvalue weighted by Gasteiger charge is 2.48. The minimum atomic E-state index is -5.08. The number of aryl methyl sites for hydroxylation is 1. The first-order chi connectivity index (χ1) is 16.3. The molecule has 35 heavy (non-hydrogen) atoms. The molecule has 2 heterocycles. The van der Waals surface area contributed by atoms with Crippen molar-refractivity contribution in [2.24, 2.45) is 0 Å². The van der Waals surface area contributed by atoms with Gasteiger partial charge in [0.2, 0.25) is 5.91 Å². The Morgan fingerprint density at radius 1 is 1.06 bits per heavy atom. The van der Waals surface area contributed by atoms with Gasteiger partial charge in [0, 0.05) is 30.9 Å². The van der Waals surface area contributed by atoms with Gasteiger partial charge in [-0.25, -0.2) is 9.18 Å². The molecule has 0 aliphatic carbocycles. The Morgan fingerprint density at radius 2 is 1.69 bits per heavy atom. The third-order valence-electron chi connectivity index (χ3n) is 6.28. The van der Waals surface area contributed by atoms with Crippen LogP contribution in [0.1, 0.15) is 22.3 Å². The van der Waals surface area contributed by atoms with Crippen LogP contribution in [-0.2, 0) is 9.59 Å². The van der Waals surface area contributed by atoms with Gasteiger partial charge in [0.15, 0.2) is 0 Å². The monoisotopic (exact) mass is 495 g/mol. The van der Waals surface area contributed by atoms with Crippen molar-refractivity contribution in [3.8, 4) is 0 Å². The molecule has 2 fully saturated rings. The number of piperazine rings is 1. The number of hydrogen-bond donors (Lipinski definition) is 1. The van der Waals surface area contributed by atoms with Crippen LogP contribution in [0.4, 0.5) is 23.2 Å². The minimum Gasteiger partial charge on any atom is -0.475 e. The molecular weight excluding hydrogens is 470 g/mol. The molecule has 2 amide bonds. The Labute approximate surface area is 199 Å². The van der Waals surface area contributed by atoms with E-state index in [1.807, 2.05) is 42.3 Å². The maximum absolute atomic E-state index is 13.9. The second-order valence-corrected chi connectivity index (χ2v) is 8.64. The zero-order valence-electron chi connectivity index (χ0n) is 19.2. The van der Waals surface area contributed by atoms with Crippen molar-refractivity contribution in [3.63, 3.8) is 0 Å². The quantitative estimate of drug-likeness (QED) is 0.647. The summed E-state index contributed by atoms with van der Waals surface area (Å²) in [6.45, 7) is 3.65. The highest BCUT2D eigenvalue weighted by molar-refractivity contribution is 5.97. The Hall–Kier alpha value is -3.47. The van der Waals surface area contributed by atoms with E-state index in [-0.39, 0.29) is 23.2 Å². The van der Waals surface area contributed by atoms with E-state index in [1.165, 1.54) is 6.07 Å². The predicted molar refractivity (Wildman–Crippen MR) is 120 cm³/mol. The number of alkyl halides is 3. The van der Waals surface area contributed by atoms with Gasteiger partial charge in [0.05, 0.1) is 12.1 Å². The number of halogens is 4. The average molecular weight is 495 g/mol. The van der Waals surface area contributed by atoms with Crippen LogP contribution in [0.15, 0.2) is 48.5 Å². The molecule has 7 nitrogen and oxygen atoms in total. The summed E-state index contributed by atoms with van der Waals surface area (Å²) >= 11 is 0. The lowest BCUT2D eigenvalue weighted by Gasteiger charge is -2.46. The van der Waals surface area contributed by atoms with Gasteiger partial charge in [0.25, 0.3) is 5.91 Å². The van der Waals surface area contributed by atoms with Crippen molar-refractivity contribution in [2.75, 3.05) is 38.1 Å². The van der Waals surface area contributed by atoms with Crippen molar-refractivity contribution in [2.45, 2.75) is 25.1 Å². The summed E-state index contributed by atoms with van der Waals surface area (Å²) in [5.74, 6) is -3.22. The van der Waals surface area contributed by atoms with Gasteiger partial charge < -0.3 is 14.9 Å². The maximum Gasteiger partial charge on any atom is 0.490 e. The van der Waals surface area contributed by atoms with E-state index in [0.29, 0.717) is 37.3 Å². The Bertz CT molecular complexity index is 1110. The minimum absolute atomic E-state index is 0.0599. The molecule has 1 spiro atoms. The van der Waals surface area contributed by atoms with E-state index in [1.54, 1.807) is 24.0 Å². The molecule has 0 radical (unpaired) electrons. The molecule has 4 rings (SSSR count). The highest BCUT2D eigenvalue weighted by Crippen LogP contribution is 2.34. The lowest BCUT2D eigenvalue weighted by Crippen LogP contribution is -2.64. The number of aliphatic carboxylic acids is 1.